The van der Waals surface area contributed by atoms with Crippen molar-refractivity contribution >= 4 is 11.6 Å². The van der Waals surface area contributed by atoms with Crippen LogP contribution in [0.4, 0.5) is 13.6 Å². The van der Waals surface area contributed by atoms with Gasteiger partial charge in [0.1, 0.15) is 29.3 Å². The number of nitrogens with zero attached hydrogens (tertiary/aromatic N) is 4. The van der Waals surface area contributed by atoms with Gasteiger partial charge in [0.2, 0.25) is 0 Å². The Kier molecular flexibility index (Phi) is 8.22. The predicted molar refractivity (Wildman–Crippen MR) is 154 cm³/mol. The monoisotopic (exact) mass is 592 g/mol. The largest absolute Gasteiger partial charge is 0.488 e. The minimum Gasteiger partial charge on any atom is -0.488 e. The van der Waals surface area contributed by atoms with Gasteiger partial charge in [0.25, 0.3) is 0 Å². The Bertz CT molecular complexity index is 1590. The van der Waals surface area contributed by atoms with Gasteiger partial charge in [0.05, 0.1) is 43.3 Å². The standard InChI is InChI=1S/C31H34F2N6O4/c1-17-9-18(10-26(34)30(17)37-31(40)41-2)23-5-7-35-14-19(23)11-28-36-15-20-3-4-27(38-39(20)28)29-24(32)12-22(13-25(29)33)43-21-6-8-42-16-21/h3-5,7,12-15,17-18,21,26,30H,6,8-11,16,34H2,1-2H3,(H,37,40)/t17-,18+,21?,26+,30-/m0/s1. The number of amides is 1. The van der Waals surface area contributed by atoms with E-state index in [1.807, 2.05) is 12.3 Å². The van der Waals surface area contributed by atoms with Gasteiger partial charge in [-0.25, -0.2) is 23.1 Å². The van der Waals surface area contributed by atoms with E-state index < -0.39 is 17.7 Å². The number of methoxy groups -OCH3 is 1. The lowest BCUT2D eigenvalue weighted by Crippen LogP contribution is -2.54. The third kappa shape index (κ3) is 6.02. The number of halogens is 2. The van der Waals surface area contributed by atoms with Crippen LogP contribution in [0.5, 0.6) is 5.75 Å². The highest BCUT2D eigenvalue weighted by molar-refractivity contribution is 5.67. The lowest BCUT2D eigenvalue weighted by atomic mass is 9.72. The number of nitrogens with one attached hydrogen (secondary N) is 1. The van der Waals surface area contributed by atoms with Crippen LogP contribution >= 0.6 is 0 Å². The molecule has 1 aromatic carbocycles. The molecular weight excluding hydrogens is 558 g/mol. The van der Waals surface area contributed by atoms with Crippen LogP contribution in [0.3, 0.4) is 0 Å². The minimum atomic E-state index is -0.764. The summed E-state index contributed by atoms with van der Waals surface area (Å²) in [4.78, 5) is 20.8. The molecule has 1 saturated carbocycles. The molecule has 1 amide bonds. The first-order chi connectivity index (χ1) is 20.8. The third-order valence-electron chi connectivity index (χ3n) is 8.40. The highest BCUT2D eigenvalue weighted by Crippen LogP contribution is 2.38. The molecule has 1 aliphatic carbocycles. The van der Waals surface area contributed by atoms with E-state index in [9.17, 15) is 4.79 Å². The maximum absolute atomic E-state index is 15.2. The zero-order chi connectivity index (χ0) is 30.1. The highest BCUT2D eigenvalue weighted by Gasteiger charge is 2.36. The van der Waals surface area contributed by atoms with Crippen molar-refractivity contribution in [1.82, 2.24) is 24.9 Å². The zero-order valence-electron chi connectivity index (χ0n) is 24.0. The van der Waals surface area contributed by atoms with Crippen LogP contribution in [0.1, 0.15) is 49.1 Å². The van der Waals surface area contributed by atoms with Gasteiger partial charge < -0.3 is 25.3 Å². The first-order valence-electron chi connectivity index (χ1n) is 14.4. The number of carbonyl (C=O) groups excluding carboxylic acids is 1. The summed E-state index contributed by atoms with van der Waals surface area (Å²) in [5.41, 5.74) is 9.17. The zero-order valence-corrected chi connectivity index (χ0v) is 24.0. The molecule has 1 aliphatic heterocycles. The number of carbonyl (C=O) groups is 1. The molecule has 1 unspecified atom stereocenters. The molecule has 43 heavy (non-hydrogen) atoms. The number of benzene rings is 1. The molecule has 0 radical (unpaired) electrons. The number of nitrogens with two attached hydrogens (primary N) is 1. The van der Waals surface area contributed by atoms with Gasteiger partial charge in [-0.3, -0.25) is 4.98 Å². The van der Waals surface area contributed by atoms with Crippen molar-refractivity contribution in [3.8, 4) is 17.0 Å². The number of imidazole rings is 1. The second kappa shape index (κ2) is 12.2. The number of pyridine rings is 1. The molecule has 0 bridgehead atoms. The van der Waals surface area contributed by atoms with E-state index in [1.54, 1.807) is 29.0 Å². The Labute approximate surface area is 247 Å². The average molecular weight is 593 g/mol. The molecule has 3 N–H and O–H groups in total. The summed E-state index contributed by atoms with van der Waals surface area (Å²) in [6.45, 7) is 3.03. The Hall–Kier alpha value is -4.16. The lowest BCUT2D eigenvalue weighted by Gasteiger charge is -2.39. The van der Waals surface area contributed by atoms with Crippen LogP contribution in [0, 0.1) is 17.6 Å². The van der Waals surface area contributed by atoms with Gasteiger partial charge >= 0.3 is 6.09 Å². The number of hydrogen-bond donors (Lipinski definition) is 2. The van der Waals surface area contributed by atoms with Crippen LogP contribution in [0.15, 0.2) is 48.9 Å². The average Bonchev–Trinajstić information content (AvgIpc) is 3.64. The molecule has 6 rings (SSSR count). The van der Waals surface area contributed by atoms with Gasteiger partial charge in [0, 0.05) is 49.5 Å². The number of rotatable bonds is 7. The molecule has 1 saturated heterocycles. The molecule has 4 heterocycles. The van der Waals surface area contributed by atoms with Crippen LogP contribution < -0.4 is 15.8 Å². The van der Waals surface area contributed by atoms with E-state index in [-0.39, 0.29) is 47.0 Å². The smallest absolute Gasteiger partial charge is 0.407 e. The summed E-state index contributed by atoms with van der Waals surface area (Å²) < 4.78 is 47.8. The molecule has 2 aliphatic rings. The van der Waals surface area contributed by atoms with E-state index in [2.05, 4.69) is 27.3 Å². The summed E-state index contributed by atoms with van der Waals surface area (Å²) in [5, 5.41) is 7.46. The number of hydrogen-bond acceptors (Lipinski definition) is 8. The SMILES string of the molecule is COC(=O)N[C@@H]1[C@H](N)C[C@H](c2ccncc2Cc2ncc3ccc(-c4c(F)cc(OC5CCOC5)cc4F)nn23)C[C@@H]1C. The van der Waals surface area contributed by atoms with Gasteiger partial charge in [-0.15, -0.1) is 0 Å². The topological polar surface area (TPSA) is 126 Å². The Balaban J connectivity index is 1.25. The van der Waals surface area contributed by atoms with Gasteiger partial charge in [-0.05, 0) is 54.0 Å². The van der Waals surface area contributed by atoms with Crippen LogP contribution in [0.2, 0.25) is 0 Å². The van der Waals surface area contributed by atoms with E-state index in [4.69, 9.17) is 19.9 Å². The maximum Gasteiger partial charge on any atom is 0.407 e. The summed E-state index contributed by atoms with van der Waals surface area (Å²) in [6, 6.07) is 7.23. The van der Waals surface area contributed by atoms with Crippen LogP contribution in [-0.2, 0) is 15.9 Å². The van der Waals surface area contributed by atoms with Crippen LogP contribution in [-0.4, -0.2) is 64.2 Å². The van der Waals surface area contributed by atoms with Gasteiger partial charge in [-0.1, -0.05) is 6.92 Å². The van der Waals surface area contributed by atoms with E-state index >= 15 is 8.78 Å². The molecule has 10 nitrogen and oxygen atoms in total. The Morgan fingerprint density at radius 2 is 2.00 bits per heavy atom. The van der Waals surface area contributed by atoms with Gasteiger partial charge in [0.15, 0.2) is 0 Å². The van der Waals surface area contributed by atoms with Crippen molar-refractivity contribution in [2.24, 2.45) is 11.7 Å². The van der Waals surface area contributed by atoms with E-state index in [1.165, 1.54) is 19.2 Å². The number of fused-ring (bicyclic) bond motifs is 1. The number of aromatic nitrogens is 4. The van der Waals surface area contributed by atoms with E-state index in [0.717, 1.165) is 17.5 Å². The van der Waals surface area contributed by atoms with Crippen molar-refractivity contribution in [2.45, 2.75) is 56.7 Å². The molecule has 12 heteroatoms. The number of ether oxygens (including phenoxy) is 3. The Morgan fingerprint density at radius 1 is 1.19 bits per heavy atom. The minimum absolute atomic E-state index is 0.118. The second-order valence-electron chi connectivity index (χ2n) is 11.3. The first kappa shape index (κ1) is 28.9. The Morgan fingerprint density at radius 3 is 2.72 bits per heavy atom. The van der Waals surface area contributed by atoms with Crippen molar-refractivity contribution in [1.29, 1.82) is 0 Å². The molecule has 5 atom stereocenters. The van der Waals surface area contributed by atoms with Crippen molar-refractivity contribution in [2.75, 3.05) is 20.3 Å². The molecule has 2 fully saturated rings. The van der Waals surface area contributed by atoms with Crippen molar-refractivity contribution in [3.63, 3.8) is 0 Å². The molecular formula is C31H34F2N6O4. The van der Waals surface area contributed by atoms with Crippen molar-refractivity contribution < 1.29 is 27.8 Å². The first-order valence-corrected chi connectivity index (χ1v) is 14.4. The highest BCUT2D eigenvalue weighted by atomic mass is 19.1. The molecule has 3 aromatic heterocycles. The fourth-order valence-electron chi connectivity index (χ4n) is 6.29. The summed E-state index contributed by atoms with van der Waals surface area (Å²) >= 11 is 0. The molecule has 4 aromatic rings. The van der Waals surface area contributed by atoms with Crippen molar-refractivity contribution in [3.05, 3.63) is 77.5 Å². The summed E-state index contributed by atoms with van der Waals surface area (Å²) in [5.74, 6) is -0.538. The van der Waals surface area contributed by atoms with E-state index in [0.29, 0.717) is 43.8 Å². The number of alkyl carbamates (subject to hydrolysis) is 1. The quantitative estimate of drug-likeness (QED) is 0.324. The van der Waals surface area contributed by atoms with Gasteiger partial charge in [-0.2, -0.15) is 5.10 Å². The fourth-order valence-corrected chi connectivity index (χ4v) is 6.29. The molecule has 0 spiro atoms. The normalized spacial score (nSPS) is 23.8. The third-order valence-corrected chi connectivity index (χ3v) is 8.40. The summed E-state index contributed by atoms with van der Waals surface area (Å²) in [6.07, 6.45) is 7.09. The summed E-state index contributed by atoms with van der Waals surface area (Å²) in [7, 11) is 1.34. The maximum atomic E-state index is 15.2. The second-order valence-corrected chi connectivity index (χ2v) is 11.3. The molecule has 226 valence electrons. The van der Waals surface area contributed by atoms with Crippen LogP contribution in [0.25, 0.3) is 16.8 Å². The predicted octanol–water partition coefficient (Wildman–Crippen LogP) is 4.39. The fraction of sp³-hybridized carbons (Fsp3) is 0.419. The lowest BCUT2D eigenvalue weighted by molar-refractivity contribution is 0.141.